The molecule has 0 atom stereocenters. The van der Waals surface area contributed by atoms with Crippen LogP contribution in [-0.4, -0.2) is 78.9 Å². The highest BCUT2D eigenvalue weighted by Gasteiger charge is 2.46. The smallest absolute Gasteiger partial charge is 0.420 e. The number of hydrogen-bond acceptors (Lipinski definition) is 6. The van der Waals surface area contributed by atoms with Crippen LogP contribution in [0, 0.1) is 0 Å². The van der Waals surface area contributed by atoms with Crippen LogP contribution in [0.1, 0.15) is 6.42 Å². The van der Waals surface area contributed by atoms with Gasteiger partial charge in [0.25, 0.3) is 0 Å². The second-order valence-corrected chi connectivity index (χ2v) is 27.8. The molecule has 0 aliphatic rings. The van der Waals surface area contributed by atoms with Crippen LogP contribution in [-0.2, 0) is 24.7 Å². The molecule has 0 heterocycles. The van der Waals surface area contributed by atoms with Crippen LogP contribution in [0.3, 0.4) is 0 Å². The summed E-state index contributed by atoms with van der Waals surface area (Å²) in [6.45, 7) is 20.5. The van der Waals surface area contributed by atoms with E-state index in [1.54, 1.807) is 78.6 Å². The molecular weight excluding hydrogens is 501 g/mol. The molecule has 0 amide bonds. The van der Waals surface area contributed by atoms with Crippen molar-refractivity contribution in [2.45, 2.75) is 97.1 Å². The van der Waals surface area contributed by atoms with Gasteiger partial charge in [-0.25, -0.2) is 0 Å². The van der Waals surface area contributed by atoms with Gasteiger partial charge in [-0.3, -0.25) is 0 Å². The fraction of sp³-hybridized carbons (Fsp3) is 1.00. The Morgan fingerprint density at radius 1 is 0.448 bits per heavy atom. The predicted molar refractivity (Wildman–Crippen MR) is 146 cm³/mol. The van der Waals surface area contributed by atoms with Crippen LogP contribution < -0.4 is 0 Å². The lowest BCUT2D eigenvalue weighted by Gasteiger charge is -2.38. The molecule has 176 valence electrons. The van der Waals surface area contributed by atoms with Crippen molar-refractivity contribution in [3.8, 4) is 0 Å². The summed E-state index contributed by atoms with van der Waals surface area (Å²) in [5.74, 6) is 0. The van der Waals surface area contributed by atoms with E-state index < -0.39 is 71.4 Å². The third-order valence-corrected chi connectivity index (χ3v) is 22.3. The quantitative estimate of drug-likeness (QED) is 0.270. The summed E-state index contributed by atoms with van der Waals surface area (Å²) in [4.78, 5) is 0. The van der Waals surface area contributed by atoms with E-state index >= 15 is 0 Å². The van der Waals surface area contributed by atoms with E-state index in [0.29, 0.717) is 6.42 Å². The average Bonchev–Trinajstić information content (AvgIpc) is 2.33. The minimum atomic E-state index is -3.61. The lowest BCUT2D eigenvalue weighted by atomic mass is 10.6. The van der Waals surface area contributed by atoms with Gasteiger partial charge in [0.15, 0.2) is 53.8 Å². The molecule has 6 nitrogen and oxygen atoms in total. The molecule has 0 saturated carbocycles. The van der Waals surface area contributed by atoms with Gasteiger partial charge in [-0.15, -0.1) is 0 Å². The van der Waals surface area contributed by atoms with E-state index in [-0.39, 0.29) is 12.1 Å². The van der Waals surface area contributed by atoms with Gasteiger partial charge >= 0.3 is 17.6 Å². The van der Waals surface area contributed by atoms with Gasteiger partial charge < -0.3 is 24.7 Å². The van der Waals surface area contributed by atoms with Crippen molar-refractivity contribution in [1.82, 2.24) is 0 Å². The van der Waals surface area contributed by atoms with Crippen LogP contribution in [0.4, 0.5) is 0 Å². The Hall–Kier alpha value is 1.50. The molecule has 0 bridgehead atoms. The summed E-state index contributed by atoms with van der Waals surface area (Å²) < 4.78 is 88.3. The highest BCUT2D eigenvalue weighted by molar-refractivity contribution is 6.81. The predicted octanol–water partition coefficient (Wildman–Crippen LogP) is 3.25. The van der Waals surface area contributed by atoms with Crippen LogP contribution in [0.15, 0.2) is 0 Å². The van der Waals surface area contributed by atoms with Crippen LogP contribution in [0.2, 0.25) is 90.7 Å². The standard InChI is InChI=1S/C15H48O6Si8/c1-22(2)16-28(17-23(3)4,18-24(5)6)14-13-15-29(19-25(7)8,20-26(9)10)21-27(11)12/h22-27H,13-15H2,1-12H3/i22T,23T,24T,25T,26T,27T. The minimum absolute atomic E-state index is 0.248. The summed E-state index contributed by atoms with van der Waals surface area (Å²) in [7, 11) is -24.7. The van der Waals surface area contributed by atoms with E-state index in [1.165, 1.54) is 0 Å². The van der Waals surface area contributed by atoms with E-state index in [4.69, 9.17) is 32.1 Å². The number of rotatable bonds is 16. The first-order valence-corrected chi connectivity index (χ1v) is 28.5. The summed E-state index contributed by atoms with van der Waals surface area (Å²) >= 11 is 0. The Kier molecular flexibility index (Phi) is 10.6. The molecule has 0 N–H and O–H groups in total. The van der Waals surface area contributed by atoms with Gasteiger partial charge in [-0.05, 0) is 85.0 Å². The van der Waals surface area contributed by atoms with Crippen molar-refractivity contribution < 1.29 is 24.7 Å². The van der Waals surface area contributed by atoms with Crippen LogP contribution >= 0.6 is 0 Å². The Morgan fingerprint density at radius 3 is 0.759 bits per heavy atom. The summed E-state index contributed by atoms with van der Waals surface area (Å²) in [6.07, 6.45) is 0.372. The first-order valence-electron chi connectivity index (χ1n) is 13.2. The van der Waals surface area contributed by atoms with Crippen molar-refractivity contribution in [1.29, 1.82) is 7.41 Å². The minimum Gasteiger partial charge on any atom is -0.420 e. The molecule has 0 rings (SSSR count). The lowest BCUT2D eigenvalue weighted by molar-refractivity contribution is 0.257. The maximum atomic E-state index is 8.49. The third-order valence-electron chi connectivity index (χ3n) is 3.12. The Bertz CT molecular complexity index is 532. The van der Waals surface area contributed by atoms with Gasteiger partial charge in [0.2, 0.25) is 0 Å². The molecule has 0 spiro atoms. The third kappa shape index (κ3) is 14.3. The maximum Gasteiger partial charge on any atom is 0.468 e. The van der Waals surface area contributed by atoms with E-state index in [2.05, 4.69) is 0 Å². The second kappa shape index (κ2) is 14.6. The lowest BCUT2D eigenvalue weighted by Crippen LogP contribution is -2.55. The molecule has 29 heavy (non-hydrogen) atoms. The molecule has 0 aromatic carbocycles. The molecule has 0 radical (unpaired) electrons. The largest absolute Gasteiger partial charge is 0.468 e. The molecule has 14 heteroatoms. The Balaban J connectivity index is 6.35. The van der Waals surface area contributed by atoms with Gasteiger partial charge in [-0.2, -0.15) is 0 Å². The van der Waals surface area contributed by atoms with Gasteiger partial charge in [0.05, 0.1) is 0 Å². The first-order chi connectivity index (χ1) is 14.9. The fourth-order valence-electron chi connectivity index (χ4n) is 2.82. The van der Waals surface area contributed by atoms with Crippen molar-refractivity contribution >= 4 is 71.4 Å². The van der Waals surface area contributed by atoms with Crippen molar-refractivity contribution in [2.24, 2.45) is 0 Å². The highest BCUT2D eigenvalue weighted by Crippen LogP contribution is 2.28. The average molecular weight is 561 g/mol. The molecular formula is C15H48O6Si8. The summed E-state index contributed by atoms with van der Waals surface area (Å²) in [5, 5.41) is 0. The highest BCUT2D eigenvalue weighted by atomic mass is 28.5. The molecule has 0 aliphatic heterocycles. The molecule has 0 fully saturated rings. The monoisotopic (exact) mass is 560 g/mol. The van der Waals surface area contributed by atoms with E-state index in [1.807, 2.05) is 0 Å². The van der Waals surface area contributed by atoms with Crippen molar-refractivity contribution in [3.63, 3.8) is 0 Å². The van der Waals surface area contributed by atoms with Gasteiger partial charge in [-0.1, -0.05) is 0 Å². The first kappa shape index (κ1) is 21.1. The molecule has 0 aromatic rings. The van der Waals surface area contributed by atoms with Crippen molar-refractivity contribution in [2.75, 3.05) is 0 Å². The maximum absolute atomic E-state index is 8.49. The zero-order chi connectivity index (χ0) is 28.4. The molecule has 0 saturated heterocycles. The van der Waals surface area contributed by atoms with E-state index in [0.717, 1.165) is 0 Å². The van der Waals surface area contributed by atoms with Crippen molar-refractivity contribution in [3.05, 3.63) is 0 Å². The van der Waals surface area contributed by atoms with E-state index in [9.17, 15) is 0 Å². The van der Waals surface area contributed by atoms with Gasteiger partial charge in [0.1, 0.15) is 0 Å². The van der Waals surface area contributed by atoms with Crippen LogP contribution in [0.5, 0.6) is 0 Å². The zero-order valence-electron chi connectivity index (χ0n) is 26.6. The number of hydrogen-bond donors (Lipinski definition) is 0. The Labute approximate surface area is 200 Å². The van der Waals surface area contributed by atoms with Crippen LogP contribution in [0.25, 0.3) is 0 Å². The molecule has 0 aliphatic carbocycles. The SMILES string of the molecule is [3H][Si](C)(C)O[Si](CCC[Si](O[Si]([3H])(C)C)(O[Si]([3H])(C)C)O[Si]([3H])(C)C)(O[Si]([3H])(C)C)O[Si]([3H])(C)C. The fourth-order valence-corrected chi connectivity index (χ4v) is 25.0. The topological polar surface area (TPSA) is 55.4 Å². The molecule has 0 unspecified atom stereocenters. The zero-order valence-corrected chi connectivity index (χ0v) is 28.6. The molecule has 0 aromatic heterocycles. The van der Waals surface area contributed by atoms with Gasteiger partial charge in [0, 0.05) is 19.5 Å². The summed E-state index contributed by atoms with van der Waals surface area (Å²) in [5.41, 5.74) is 0. The normalized spacial score (nSPS) is 19.0. The summed E-state index contributed by atoms with van der Waals surface area (Å²) in [6, 6.07) is 0.495. The second-order valence-electron chi connectivity index (χ2n) is 8.28. The Morgan fingerprint density at radius 2 is 0.621 bits per heavy atom.